The van der Waals surface area contributed by atoms with Crippen molar-refractivity contribution < 1.29 is 9.53 Å². The molecule has 0 radical (unpaired) electrons. The van der Waals surface area contributed by atoms with E-state index in [1.165, 1.54) is 0 Å². The zero-order valence-electron chi connectivity index (χ0n) is 12.4. The topological polar surface area (TPSA) is 52.3 Å². The van der Waals surface area contributed by atoms with Crippen LogP contribution in [0.2, 0.25) is 15.1 Å². The lowest BCUT2D eigenvalue weighted by atomic mass is 9.94. The van der Waals surface area contributed by atoms with E-state index in [0.29, 0.717) is 33.6 Å². The molecule has 21 heavy (non-hydrogen) atoms. The number of benzene rings is 1. The predicted octanol–water partition coefficient (Wildman–Crippen LogP) is 4.81. The van der Waals surface area contributed by atoms with Crippen LogP contribution in [0.3, 0.4) is 0 Å². The van der Waals surface area contributed by atoms with Gasteiger partial charge in [-0.05, 0) is 57.4 Å². The molecular formula is C15H20Cl3NO2. The number of hydrogen-bond acceptors (Lipinski definition) is 3. The Balaban J connectivity index is 2.81. The first kappa shape index (κ1) is 18.6. The maximum Gasteiger partial charge on any atom is 0.306 e. The SMILES string of the molecule is CC(C)(C)OC(=O)CCC(CN)c1c(Cl)ccc(Cl)c1Cl. The minimum absolute atomic E-state index is 0.142. The fourth-order valence-electron chi connectivity index (χ4n) is 1.98. The minimum atomic E-state index is -0.499. The second-order valence-electron chi connectivity index (χ2n) is 5.81. The van der Waals surface area contributed by atoms with Crippen molar-refractivity contribution in [2.75, 3.05) is 6.54 Å². The molecule has 0 saturated heterocycles. The zero-order valence-corrected chi connectivity index (χ0v) is 14.6. The summed E-state index contributed by atoms with van der Waals surface area (Å²) in [5, 5.41) is 1.32. The summed E-state index contributed by atoms with van der Waals surface area (Å²) in [4.78, 5) is 11.8. The minimum Gasteiger partial charge on any atom is -0.460 e. The number of nitrogens with two attached hydrogens (primary N) is 1. The monoisotopic (exact) mass is 351 g/mol. The third kappa shape index (κ3) is 5.67. The number of rotatable bonds is 5. The van der Waals surface area contributed by atoms with Gasteiger partial charge in [0, 0.05) is 11.4 Å². The van der Waals surface area contributed by atoms with Gasteiger partial charge in [0.25, 0.3) is 0 Å². The molecule has 1 rings (SSSR count). The first-order chi connectivity index (χ1) is 9.65. The fraction of sp³-hybridized carbons (Fsp3) is 0.533. The molecule has 0 amide bonds. The molecule has 2 N–H and O–H groups in total. The van der Waals surface area contributed by atoms with E-state index >= 15 is 0 Å². The van der Waals surface area contributed by atoms with Gasteiger partial charge >= 0.3 is 5.97 Å². The second kappa shape index (κ2) is 7.68. The third-order valence-corrected chi connectivity index (χ3v) is 4.04. The quantitative estimate of drug-likeness (QED) is 0.611. The number of carbonyl (C=O) groups is 1. The molecule has 0 heterocycles. The van der Waals surface area contributed by atoms with Crippen LogP contribution in [0.4, 0.5) is 0 Å². The maximum absolute atomic E-state index is 11.8. The third-order valence-electron chi connectivity index (χ3n) is 2.89. The highest BCUT2D eigenvalue weighted by molar-refractivity contribution is 6.44. The molecule has 0 saturated carbocycles. The standard InChI is InChI=1S/C15H20Cl3NO2/c1-15(2,3)21-12(20)7-4-9(8-19)13-10(16)5-6-11(17)14(13)18/h5-6,9H,4,7-8,19H2,1-3H3. The molecule has 0 bridgehead atoms. The van der Waals surface area contributed by atoms with Crippen LogP contribution in [0, 0.1) is 0 Å². The van der Waals surface area contributed by atoms with E-state index in [2.05, 4.69) is 0 Å². The van der Waals surface area contributed by atoms with Crippen LogP contribution in [0.15, 0.2) is 12.1 Å². The molecule has 0 aromatic heterocycles. The highest BCUT2D eigenvalue weighted by Crippen LogP contribution is 2.38. The van der Waals surface area contributed by atoms with E-state index in [1.807, 2.05) is 20.8 Å². The molecule has 0 spiro atoms. The molecule has 1 unspecified atom stereocenters. The fourth-order valence-corrected chi connectivity index (χ4v) is 2.83. The lowest BCUT2D eigenvalue weighted by Gasteiger charge is -2.22. The molecule has 0 aliphatic heterocycles. The van der Waals surface area contributed by atoms with Crippen LogP contribution in [-0.2, 0) is 9.53 Å². The normalized spacial score (nSPS) is 13.1. The van der Waals surface area contributed by atoms with E-state index < -0.39 is 5.60 Å². The Kier molecular flexibility index (Phi) is 6.79. The molecule has 0 fully saturated rings. The van der Waals surface area contributed by atoms with Crippen LogP contribution in [-0.4, -0.2) is 18.1 Å². The Morgan fingerprint density at radius 1 is 1.24 bits per heavy atom. The number of halogens is 3. The Labute approximate surface area is 140 Å². The summed E-state index contributed by atoms with van der Waals surface area (Å²) in [7, 11) is 0. The smallest absolute Gasteiger partial charge is 0.306 e. The Hall–Kier alpha value is -0.480. The molecule has 6 heteroatoms. The van der Waals surface area contributed by atoms with E-state index in [1.54, 1.807) is 12.1 Å². The highest BCUT2D eigenvalue weighted by atomic mass is 35.5. The summed E-state index contributed by atoms with van der Waals surface area (Å²) >= 11 is 18.4. The Morgan fingerprint density at radius 3 is 2.33 bits per heavy atom. The molecule has 1 aromatic rings. The lowest BCUT2D eigenvalue weighted by Crippen LogP contribution is -2.24. The van der Waals surface area contributed by atoms with Crippen LogP contribution < -0.4 is 5.73 Å². The van der Waals surface area contributed by atoms with Crippen LogP contribution in [0.1, 0.15) is 45.1 Å². The summed E-state index contributed by atoms with van der Waals surface area (Å²) in [6.07, 6.45) is 0.753. The summed E-state index contributed by atoms with van der Waals surface area (Å²) < 4.78 is 5.28. The van der Waals surface area contributed by atoms with E-state index in [0.717, 1.165) is 0 Å². The van der Waals surface area contributed by atoms with Crippen molar-refractivity contribution in [3.63, 3.8) is 0 Å². The van der Waals surface area contributed by atoms with Gasteiger partial charge in [-0.25, -0.2) is 0 Å². The van der Waals surface area contributed by atoms with E-state index in [9.17, 15) is 4.79 Å². The maximum atomic E-state index is 11.8. The van der Waals surface area contributed by atoms with Crippen LogP contribution in [0.5, 0.6) is 0 Å². The Morgan fingerprint density at radius 2 is 1.81 bits per heavy atom. The van der Waals surface area contributed by atoms with Gasteiger partial charge in [-0.1, -0.05) is 34.8 Å². The molecular weight excluding hydrogens is 333 g/mol. The number of hydrogen-bond donors (Lipinski definition) is 1. The average Bonchev–Trinajstić information content (AvgIpc) is 2.36. The Bertz CT molecular complexity index is 512. The lowest BCUT2D eigenvalue weighted by molar-refractivity contribution is -0.155. The molecule has 1 atom stereocenters. The number of esters is 1. The molecule has 1 aromatic carbocycles. The zero-order chi connectivity index (χ0) is 16.2. The highest BCUT2D eigenvalue weighted by Gasteiger charge is 2.22. The van der Waals surface area contributed by atoms with Crippen molar-refractivity contribution in [3.05, 3.63) is 32.8 Å². The van der Waals surface area contributed by atoms with E-state index in [4.69, 9.17) is 45.3 Å². The van der Waals surface area contributed by atoms with Crippen molar-refractivity contribution in [2.45, 2.75) is 45.1 Å². The van der Waals surface area contributed by atoms with E-state index in [-0.39, 0.29) is 18.3 Å². The van der Waals surface area contributed by atoms with Crippen molar-refractivity contribution in [1.29, 1.82) is 0 Å². The molecule has 0 aliphatic rings. The largest absolute Gasteiger partial charge is 0.460 e. The van der Waals surface area contributed by atoms with Gasteiger partial charge in [-0.2, -0.15) is 0 Å². The van der Waals surface area contributed by atoms with Crippen molar-refractivity contribution in [3.8, 4) is 0 Å². The van der Waals surface area contributed by atoms with Gasteiger partial charge in [-0.3, -0.25) is 4.79 Å². The van der Waals surface area contributed by atoms with Crippen molar-refractivity contribution >= 4 is 40.8 Å². The summed E-state index contributed by atoms with van der Waals surface area (Å²) in [6.45, 7) is 5.81. The van der Waals surface area contributed by atoms with Gasteiger partial charge in [-0.15, -0.1) is 0 Å². The van der Waals surface area contributed by atoms with Gasteiger partial charge < -0.3 is 10.5 Å². The summed E-state index contributed by atoms with van der Waals surface area (Å²) in [5.41, 5.74) is 5.99. The van der Waals surface area contributed by atoms with Crippen molar-refractivity contribution in [1.82, 2.24) is 0 Å². The number of ether oxygens (including phenoxy) is 1. The first-order valence-corrected chi connectivity index (χ1v) is 7.84. The number of carbonyl (C=O) groups excluding carboxylic acids is 1. The molecule has 3 nitrogen and oxygen atoms in total. The first-order valence-electron chi connectivity index (χ1n) is 6.71. The summed E-state index contributed by atoms with van der Waals surface area (Å²) in [5.74, 6) is -0.411. The van der Waals surface area contributed by atoms with Crippen LogP contribution in [0.25, 0.3) is 0 Å². The van der Waals surface area contributed by atoms with Gasteiger partial charge in [0.1, 0.15) is 5.60 Å². The summed E-state index contributed by atoms with van der Waals surface area (Å²) in [6, 6.07) is 3.32. The van der Waals surface area contributed by atoms with Gasteiger partial charge in [0.05, 0.1) is 10.0 Å². The van der Waals surface area contributed by atoms with Gasteiger partial charge in [0.15, 0.2) is 0 Å². The predicted molar refractivity (Wildman–Crippen MR) is 88.3 cm³/mol. The molecule has 118 valence electrons. The average molecular weight is 353 g/mol. The second-order valence-corrected chi connectivity index (χ2v) is 7.01. The van der Waals surface area contributed by atoms with Gasteiger partial charge in [0.2, 0.25) is 0 Å². The van der Waals surface area contributed by atoms with Crippen LogP contribution >= 0.6 is 34.8 Å². The van der Waals surface area contributed by atoms with Crippen molar-refractivity contribution in [2.24, 2.45) is 5.73 Å². The molecule has 0 aliphatic carbocycles.